The van der Waals surface area contributed by atoms with Crippen molar-refractivity contribution in [3.63, 3.8) is 0 Å². The van der Waals surface area contributed by atoms with Gasteiger partial charge in [0.05, 0.1) is 11.3 Å². The van der Waals surface area contributed by atoms with Gasteiger partial charge in [0.1, 0.15) is 0 Å². The SMILES string of the molecule is CC(CCl)CS(=O)(=O)NCc1ccc(C(F)(F)F)cc1. The Morgan fingerprint density at radius 1 is 1.25 bits per heavy atom. The smallest absolute Gasteiger partial charge is 0.212 e. The zero-order valence-corrected chi connectivity index (χ0v) is 12.3. The maximum atomic E-state index is 12.4. The van der Waals surface area contributed by atoms with Crippen molar-refractivity contribution in [3.05, 3.63) is 35.4 Å². The summed E-state index contributed by atoms with van der Waals surface area (Å²) in [6.45, 7) is 1.65. The first-order valence-electron chi connectivity index (χ1n) is 5.83. The van der Waals surface area contributed by atoms with E-state index >= 15 is 0 Å². The molecule has 1 unspecified atom stereocenters. The monoisotopic (exact) mass is 329 g/mol. The van der Waals surface area contributed by atoms with Gasteiger partial charge < -0.3 is 0 Å². The maximum absolute atomic E-state index is 12.4. The van der Waals surface area contributed by atoms with Crippen LogP contribution >= 0.6 is 11.6 Å². The summed E-state index contributed by atoms with van der Waals surface area (Å²) in [5, 5.41) is 0. The van der Waals surface area contributed by atoms with Crippen LogP contribution in [0, 0.1) is 5.92 Å². The van der Waals surface area contributed by atoms with Crippen LogP contribution in [0.4, 0.5) is 13.2 Å². The standard InChI is InChI=1S/C12H15ClF3NO2S/c1-9(6-13)8-20(18,19)17-7-10-2-4-11(5-3-10)12(14,15)16/h2-5,9,17H,6-8H2,1H3. The molecule has 0 aliphatic heterocycles. The average molecular weight is 330 g/mol. The van der Waals surface area contributed by atoms with Crippen molar-refractivity contribution in [1.29, 1.82) is 0 Å². The molecule has 0 amide bonds. The van der Waals surface area contributed by atoms with Gasteiger partial charge in [-0.15, -0.1) is 11.6 Å². The van der Waals surface area contributed by atoms with E-state index in [0.29, 0.717) is 5.56 Å². The topological polar surface area (TPSA) is 46.2 Å². The highest BCUT2D eigenvalue weighted by Crippen LogP contribution is 2.29. The van der Waals surface area contributed by atoms with Gasteiger partial charge in [0.15, 0.2) is 0 Å². The third-order valence-corrected chi connectivity index (χ3v) is 4.66. The summed E-state index contributed by atoms with van der Waals surface area (Å²) in [7, 11) is -3.49. The molecule has 0 aliphatic rings. The molecular weight excluding hydrogens is 315 g/mol. The molecule has 0 aliphatic carbocycles. The number of sulfonamides is 1. The van der Waals surface area contributed by atoms with Crippen LogP contribution in [0.2, 0.25) is 0 Å². The van der Waals surface area contributed by atoms with Gasteiger partial charge >= 0.3 is 6.18 Å². The first-order chi connectivity index (χ1) is 9.14. The minimum Gasteiger partial charge on any atom is -0.212 e. The molecule has 1 aromatic carbocycles. The van der Waals surface area contributed by atoms with Crippen molar-refractivity contribution in [2.45, 2.75) is 19.6 Å². The molecule has 20 heavy (non-hydrogen) atoms. The summed E-state index contributed by atoms with van der Waals surface area (Å²) in [5.74, 6) is -0.0834. The maximum Gasteiger partial charge on any atom is 0.416 e. The summed E-state index contributed by atoms with van der Waals surface area (Å²) in [6, 6.07) is 4.34. The van der Waals surface area contributed by atoms with E-state index in [1.807, 2.05) is 0 Å². The molecule has 3 nitrogen and oxygen atoms in total. The second-order valence-electron chi connectivity index (χ2n) is 4.56. The lowest BCUT2D eigenvalue weighted by Crippen LogP contribution is -2.29. The van der Waals surface area contributed by atoms with Crippen LogP contribution in [0.5, 0.6) is 0 Å². The number of nitrogens with one attached hydrogen (secondary N) is 1. The Morgan fingerprint density at radius 3 is 2.25 bits per heavy atom. The highest BCUT2D eigenvalue weighted by molar-refractivity contribution is 7.89. The molecule has 0 spiro atoms. The number of alkyl halides is 4. The summed E-state index contributed by atoms with van der Waals surface area (Å²) in [6.07, 6.45) is -4.40. The highest BCUT2D eigenvalue weighted by atomic mass is 35.5. The molecule has 114 valence electrons. The van der Waals surface area contributed by atoms with Gasteiger partial charge in [-0.2, -0.15) is 13.2 Å². The third kappa shape index (κ3) is 5.68. The van der Waals surface area contributed by atoms with Gasteiger partial charge in [0, 0.05) is 12.4 Å². The molecule has 0 saturated heterocycles. The Labute approximate surface area is 121 Å². The Morgan fingerprint density at radius 2 is 1.80 bits per heavy atom. The summed E-state index contributed by atoms with van der Waals surface area (Å²) in [4.78, 5) is 0. The van der Waals surface area contributed by atoms with Gasteiger partial charge in [-0.3, -0.25) is 0 Å². The predicted octanol–water partition coefficient (Wildman–Crippen LogP) is 3.00. The van der Waals surface area contributed by atoms with Gasteiger partial charge in [-0.25, -0.2) is 13.1 Å². The fourth-order valence-corrected chi connectivity index (χ4v) is 3.09. The number of hydrogen-bond donors (Lipinski definition) is 1. The molecule has 0 aromatic heterocycles. The first kappa shape index (κ1) is 17.3. The molecule has 1 rings (SSSR count). The molecule has 0 radical (unpaired) electrons. The fraction of sp³-hybridized carbons (Fsp3) is 0.500. The van der Waals surface area contributed by atoms with E-state index in [2.05, 4.69) is 4.72 Å². The molecule has 8 heteroatoms. The quantitative estimate of drug-likeness (QED) is 0.815. The molecule has 1 aromatic rings. The molecule has 0 fully saturated rings. The lowest BCUT2D eigenvalue weighted by Gasteiger charge is -2.11. The molecule has 0 bridgehead atoms. The van der Waals surface area contributed by atoms with E-state index in [4.69, 9.17) is 11.6 Å². The van der Waals surface area contributed by atoms with Crippen molar-refractivity contribution in [2.75, 3.05) is 11.6 Å². The predicted molar refractivity (Wildman–Crippen MR) is 72.0 cm³/mol. The normalized spacial score (nSPS) is 14.2. The average Bonchev–Trinajstić information content (AvgIpc) is 2.35. The van der Waals surface area contributed by atoms with E-state index < -0.39 is 21.8 Å². The second kappa shape index (κ2) is 6.78. The molecule has 1 N–H and O–H groups in total. The van der Waals surface area contributed by atoms with Gasteiger partial charge in [0.25, 0.3) is 0 Å². The molecular formula is C12H15ClF3NO2S. The molecule has 1 atom stereocenters. The molecule has 0 heterocycles. The zero-order valence-electron chi connectivity index (χ0n) is 10.7. The van der Waals surface area contributed by atoms with Crippen LogP contribution in [0.25, 0.3) is 0 Å². The second-order valence-corrected chi connectivity index (χ2v) is 6.72. The number of halogens is 4. The van der Waals surface area contributed by atoms with E-state index in [0.717, 1.165) is 12.1 Å². The van der Waals surface area contributed by atoms with Crippen molar-refractivity contribution >= 4 is 21.6 Å². The number of hydrogen-bond acceptors (Lipinski definition) is 2. The minimum absolute atomic E-state index is 0.0462. The Bertz CT molecular complexity index is 529. The number of rotatable bonds is 6. The Balaban J connectivity index is 2.62. The summed E-state index contributed by atoms with van der Waals surface area (Å²) in [5.41, 5.74) is -0.306. The highest BCUT2D eigenvalue weighted by Gasteiger charge is 2.29. The van der Waals surface area contributed by atoms with Crippen molar-refractivity contribution in [3.8, 4) is 0 Å². The third-order valence-electron chi connectivity index (χ3n) is 2.54. The lowest BCUT2D eigenvalue weighted by atomic mass is 10.1. The van der Waals surface area contributed by atoms with E-state index in [9.17, 15) is 21.6 Å². The van der Waals surface area contributed by atoms with E-state index in [1.165, 1.54) is 12.1 Å². The lowest BCUT2D eigenvalue weighted by molar-refractivity contribution is -0.137. The van der Waals surface area contributed by atoms with Crippen molar-refractivity contribution in [2.24, 2.45) is 5.92 Å². The van der Waals surface area contributed by atoms with Crippen LogP contribution in [-0.4, -0.2) is 20.1 Å². The van der Waals surface area contributed by atoms with Crippen molar-refractivity contribution < 1.29 is 21.6 Å². The van der Waals surface area contributed by atoms with Crippen LogP contribution in [-0.2, 0) is 22.7 Å². The Kier molecular flexibility index (Phi) is 5.85. The van der Waals surface area contributed by atoms with Gasteiger partial charge in [-0.1, -0.05) is 19.1 Å². The Hall–Kier alpha value is -0.790. The van der Waals surface area contributed by atoms with Gasteiger partial charge in [-0.05, 0) is 23.6 Å². The fourth-order valence-electron chi connectivity index (χ4n) is 1.48. The minimum atomic E-state index is -4.40. The van der Waals surface area contributed by atoms with E-state index in [-0.39, 0.29) is 24.1 Å². The van der Waals surface area contributed by atoms with Crippen molar-refractivity contribution in [1.82, 2.24) is 4.72 Å². The van der Waals surface area contributed by atoms with Gasteiger partial charge in [0.2, 0.25) is 10.0 Å². The van der Waals surface area contributed by atoms with Crippen LogP contribution in [0.15, 0.2) is 24.3 Å². The van der Waals surface area contributed by atoms with Crippen LogP contribution in [0.1, 0.15) is 18.1 Å². The van der Waals surface area contributed by atoms with Crippen LogP contribution in [0.3, 0.4) is 0 Å². The van der Waals surface area contributed by atoms with E-state index in [1.54, 1.807) is 6.92 Å². The summed E-state index contributed by atoms with van der Waals surface area (Å²) < 4.78 is 62.7. The molecule has 0 saturated carbocycles. The number of benzene rings is 1. The zero-order chi connectivity index (χ0) is 15.4. The summed E-state index contributed by atoms with van der Waals surface area (Å²) >= 11 is 5.54. The largest absolute Gasteiger partial charge is 0.416 e. The van der Waals surface area contributed by atoms with Crippen LogP contribution < -0.4 is 4.72 Å². The first-order valence-corrected chi connectivity index (χ1v) is 8.02.